The van der Waals surface area contributed by atoms with Crippen LogP contribution in [-0.2, 0) is 22.6 Å². The maximum absolute atomic E-state index is 13.3. The number of nitrogens with zero attached hydrogens (tertiary/aromatic N) is 1. The van der Waals surface area contributed by atoms with Gasteiger partial charge in [0.15, 0.2) is 0 Å². The van der Waals surface area contributed by atoms with Gasteiger partial charge in [0.25, 0.3) is 5.91 Å². The number of hydrogen-bond acceptors (Lipinski definition) is 7. The van der Waals surface area contributed by atoms with Crippen molar-refractivity contribution in [3.63, 3.8) is 0 Å². The predicted molar refractivity (Wildman–Crippen MR) is 191 cm³/mol. The SMILES string of the molecule is CCCCCCCOc1ccc(C(=O)Oc2ccc(CN(CC(=O)O)C(=O)c3ccc(NC(=O)Cc4ccc(OCC)cc4)cc3)cc2)cc1. The third kappa shape index (κ3) is 12.1. The first kappa shape index (κ1) is 37.2. The standard InChI is InChI=1S/C40H44N2O8/c1-3-5-6-7-8-25-49-35-23-15-32(16-24-35)40(47)50-36-21-11-30(12-22-36)27-42(28-38(44)45)39(46)31-13-17-33(18-14-31)41-37(43)26-29-9-19-34(20-10-29)48-4-2/h9-24H,3-8,25-28H2,1-2H3,(H,41,43)(H,44,45). The minimum atomic E-state index is -1.16. The minimum Gasteiger partial charge on any atom is -0.494 e. The van der Waals surface area contributed by atoms with Gasteiger partial charge in [-0.15, -0.1) is 0 Å². The molecule has 0 aliphatic carbocycles. The maximum atomic E-state index is 13.3. The van der Waals surface area contributed by atoms with Gasteiger partial charge in [-0.3, -0.25) is 14.4 Å². The second kappa shape index (κ2) is 19.4. The van der Waals surface area contributed by atoms with Crippen LogP contribution in [0.4, 0.5) is 5.69 Å². The fourth-order valence-electron chi connectivity index (χ4n) is 5.13. The number of esters is 1. The number of nitrogens with one attached hydrogen (secondary N) is 1. The number of amides is 2. The topological polar surface area (TPSA) is 131 Å². The average Bonchev–Trinajstić information content (AvgIpc) is 3.11. The van der Waals surface area contributed by atoms with Crippen molar-refractivity contribution in [3.05, 3.63) is 119 Å². The van der Waals surface area contributed by atoms with Gasteiger partial charge in [0, 0.05) is 17.8 Å². The summed E-state index contributed by atoms with van der Waals surface area (Å²) in [5, 5.41) is 12.3. The summed E-state index contributed by atoms with van der Waals surface area (Å²) >= 11 is 0. The Bertz CT molecular complexity index is 1690. The molecule has 0 saturated carbocycles. The van der Waals surface area contributed by atoms with Gasteiger partial charge in [-0.1, -0.05) is 56.9 Å². The molecule has 0 fully saturated rings. The Labute approximate surface area is 293 Å². The van der Waals surface area contributed by atoms with Gasteiger partial charge >= 0.3 is 11.9 Å². The van der Waals surface area contributed by atoms with Crippen LogP contribution in [0.2, 0.25) is 0 Å². The Balaban J connectivity index is 1.28. The number of benzene rings is 4. The molecular weight excluding hydrogens is 636 g/mol. The summed E-state index contributed by atoms with van der Waals surface area (Å²) in [4.78, 5) is 51.4. The summed E-state index contributed by atoms with van der Waals surface area (Å²) < 4.78 is 16.7. The third-order valence-electron chi connectivity index (χ3n) is 7.74. The first-order chi connectivity index (χ1) is 24.2. The van der Waals surface area contributed by atoms with Crippen molar-refractivity contribution >= 4 is 29.4 Å². The number of hydrogen-bond donors (Lipinski definition) is 2. The fraction of sp³-hybridized carbons (Fsp3) is 0.300. The molecule has 2 N–H and O–H groups in total. The highest BCUT2D eigenvalue weighted by molar-refractivity contribution is 5.97. The Hall–Kier alpha value is -5.64. The normalized spacial score (nSPS) is 10.6. The van der Waals surface area contributed by atoms with E-state index in [9.17, 15) is 24.3 Å². The van der Waals surface area contributed by atoms with E-state index in [0.29, 0.717) is 41.5 Å². The van der Waals surface area contributed by atoms with E-state index in [4.69, 9.17) is 14.2 Å². The van der Waals surface area contributed by atoms with Crippen molar-refractivity contribution in [3.8, 4) is 17.2 Å². The number of carbonyl (C=O) groups is 4. The van der Waals surface area contributed by atoms with Crippen LogP contribution in [-0.4, -0.2) is 53.5 Å². The molecule has 0 radical (unpaired) electrons. The van der Waals surface area contributed by atoms with E-state index >= 15 is 0 Å². The molecule has 0 spiro atoms. The van der Waals surface area contributed by atoms with Gasteiger partial charge in [-0.25, -0.2) is 4.79 Å². The van der Waals surface area contributed by atoms with Crippen LogP contribution in [0.5, 0.6) is 17.2 Å². The first-order valence-electron chi connectivity index (χ1n) is 16.9. The summed E-state index contributed by atoms with van der Waals surface area (Å²) in [5.74, 6) is -0.658. The Morgan fingerprint density at radius 3 is 1.88 bits per heavy atom. The van der Waals surface area contributed by atoms with Crippen molar-refractivity contribution < 1.29 is 38.5 Å². The molecule has 4 aromatic rings. The van der Waals surface area contributed by atoms with Gasteiger partial charge in [0.2, 0.25) is 5.91 Å². The maximum Gasteiger partial charge on any atom is 0.343 e. The molecule has 0 unspecified atom stereocenters. The van der Waals surface area contributed by atoms with Crippen molar-refractivity contribution in [1.82, 2.24) is 4.90 Å². The smallest absolute Gasteiger partial charge is 0.343 e. The summed E-state index contributed by atoms with van der Waals surface area (Å²) in [6.07, 6.45) is 5.92. The first-order valence-corrected chi connectivity index (χ1v) is 16.9. The van der Waals surface area contributed by atoms with Crippen molar-refractivity contribution in [2.45, 2.75) is 58.9 Å². The molecule has 0 saturated heterocycles. The average molecular weight is 681 g/mol. The summed E-state index contributed by atoms with van der Waals surface area (Å²) in [5.41, 5.74) is 2.62. The van der Waals surface area contributed by atoms with E-state index in [1.807, 2.05) is 31.2 Å². The molecule has 50 heavy (non-hydrogen) atoms. The van der Waals surface area contributed by atoms with Gasteiger partial charge in [-0.2, -0.15) is 0 Å². The molecule has 0 atom stereocenters. The van der Waals surface area contributed by atoms with Crippen LogP contribution in [0.3, 0.4) is 0 Å². The Kier molecular flexibility index (Phi) is 14.4. The molecular formula is C40H44N2O8. The molecule has 4 aromatic carbocycles. The molecule has 10 heteroatoms. The Morgan fingerprint density at radius 1 is 0.660 bits per heavy atom. The van der Waals surface area contributed by atoms with Crippen LogP contribution < -0.4 is 19.5 Å². The van der Waals surface area contributed by atoms with Crippen molar-refractivity contribution in [1.29, 1.82) is 0 Å². The number of carboxylic acids is 1. The molecule has 262 valence electrons. The van der Waals surface area contributed by atoms with Gasteiger partial charge < -0.3 is 29.5 Å². The number of unbranched alkanes of at least 4 members (excludes halogenated alkanes) is 4. The molecule has 0 aromatic heterocycles. The van der Waals surface area contributed by atoms with Gasteiger partial charge in [0.1, 0.15) is 23.8 Å². The van der Waals surface area contributed by atoms with E-state index in [1.54, 1.807) is 72.8 Å². The lowest BCUT2D eigenvalue weighted by Crippen LogP contribution is -2.35. The second-order valence-corrected chi connectivity index (χ2v) is 11.8. The minimum absolute atomic E-state index is 0.0139. The molecule has 0 heterocycles. The fourth-order valence-corrected chi connectivity index (χ4v) is 5.13. The van der Waals surface area contributed by atoms with E-state index in [2.05, 4.69) is 12.2 Å². The zero-order valence-corrected chi connectivity index (χ0v) is 28.6. The number of rotatable bonds is 19. The molecule has 2 amide bonds. The highest BCUT2D eigenvalue weighted by atomic mass is 16.5. The van der Waals surface area contributed by atoms with Crippen molar-refractivity contribution in [2.24, 2.45) is 0 Å². The van der Waals surface area contributed by atoms with Gasteiger partial charge in [-0.05, 0) is 97.3 Å². The molecule has 0 bridgehead atoms. The van der Waals surface area contributed by atoms with Crippen molar-refractivity contribution in [2.75, 3.05) is 25.1 Å². The van der Waals surface area contributed by atoms with Crippen LogP contribution in [0, 0.1) is 0 Å². The van der Waals surface area contributed by atoms with Crippen LogP contribution in [0.15, 0.2) is 97.1 Å². The number of carbonyl (C=O) groups excluding carboxylic acids is 3. The highest BCUT2D eigenvalue weighted by Gasteiger charge is 2.20. The van der Waals surface area contributed by atoms with E-state index in [0.717, 1.165) is 24.2 Å². The molecule has 0 aliphatic heterocycles. The third-order valence-corrected chi connectivity index (χ3v) is 7.74. The van der Waals surface area contributed by atoms with E-state index in [1.165, 1.54) is 24.2 Å². The van der Waals surface area contributed by atoms with E-state index in [-0.39, 0.29) is 24.4 Å². The monoisotopic (exact) mass is 680 g/mol. The zero-order chi connectivity index (χ0) is 35.7. The number of anilines is 1. The summed E-state index contributed by atoms with van der Waals surface area (Å²) in [7, 11) is 0. The lowest BCUT2D eigenvalue weighted by molar-refractivity contribution is -0.137. The summed E-state index contributed by atoms with van der Waals surface area (Å²) in [6.45, 7) is 4.77. The lowest BCUT2D eigenvalue weighted by Gasteiger charge is -2.21. The molecule has 4 rings (SSSR count). The molecule has 10 nitrogen and oxygen atoms in total. The number of aliphatic carboxylic acids is 1. The Morgan fingerprint density at radius 2 is 1.24 bits per heavy atom. The molecule has 0 aliphatic rings. The van der Waals surface area contributed by atoms with Crippen LogP contribution in [0.1, 0.15) is 77.8 Å². The second-order valence-electron chi connectivity index (χ2n) is 11.8. The van der Waals surface area contributed by atoms with E-state index < -0.39 is 24.4 Å². The van der Waals surface area contributed by atoms with Crippen LogP contribution >= 0.6 is 0 Å². The van der Waals surface area contributed by atoms with Gasteiger partial charge in [0.05, 0.1) is 25.2 Å². The summed E-state index contributed by atoms with van der Waals surface area (Å²) in [6, 6.07) is 26.9. The largest absolute Gasteiger partial charge is 0.494 e. The zero-order valence-electron chi connectivity index (χ0n) is 28.6. The number of carboxylic acid groups (broad SMARTS) is 1. The predicted octanol–water partition coefficient (Wildman–Crippen LogP) is 7.56. The lowest BCUT2D eigenvalue weighted by atomic mass is 10.1. The number of ether oxygens (including phenoxy) is 3. The highest BCUT2D eigenvalue weighted by Crippen LogP contribution is 2.20. The quantitative estimate of drug-likeness (QED) is 0.0589. The van der Waals surface area contributed by atoms with Crippen LogP contribution in [0.25, 0.3) is 0 Å².